The van der Waals surface area contributed by atoms with Gasteiger partial charge in [0.15, 0.2) is 0 Å². The van der Waals surface area contributed by atoms with E-state index in [1.54, 1.807) is 6.20 Å². The molecule has 1 atom stereocenters. The van der Waals surface area contributed by atoms with E-state index in [-0.39, 0.29) is 0 Å². The molecule has 1 aromatic rings. The predicted molar refractivity (Wildman–Crippen MR) is 74.5 cm³/mol. The molecule has 19 heavy (non-hydrogen) atoms. The van der Waals surface area contributed by atoms with Crippen LogP contribution in [-0.2, 0) is 10.0 Å². The Morgan fingerprint density at radius 2 is 2.42 bits per heavy atom. The lowest BCUT2D eigenvalue weighted by atomic mass is 9.95. The smallest absolute Gasteiger partial charge is 0.208 e. The highest BCUT2D eigenvalue weighted by molar-refractivity contribution is 7.88. The van der Waals surface area contributed by atoms with Gasteiger partial charge in [0.1, 0.15) is 0 Å². The molecule has 1 aliphatic heterocycles. The normalized spacial score (nSPS) is 21.6. The summed E-state index contributed by atoms with van der Waals surface area (Å²) in [5, 5.41) is 7.05. The molecule has 7 heteroatoms. The number of hydrogen-bond donors (Lipinski definition) is 2. The summed E-state index contributed by atoms with van der Waals surface area (Å²) in [4.78, 5) is 2.40. The second-order valence-electron chi connectivity index (χ2n) is 5.17. The topological polar surface area (TPSA) is 78.1 Å². The Morgan fingerprint density at radius 1 is 1.58 bits per heavy atom. The number of H-pyrrole nitrogens is 1. The highest BCUT2D eigenvalue weighted by Crippen LogP contribution is 2.24. The van der Waals surface area contributed by atoms with E-state index in [4.69, 9.17) is 0 Å². The summed E-state index contributed by atoms with van der Waals surface area (Å²) in [5.41, 5.74) is 1.21. The number of nitrogens with zero attached hydrogens (tertiary/aromatic N) is 2. The van der Waals surface area contributed by atoms with Crippen molar-refractivity contribution in [2.45, 2.75) is 25.2 Å². The summed E-state index contributed by atoms with van der Waals surface area (Å²) in [6.07, 6.45) is 6.22. The summed E-state index contributed by atoms with van der Waals surface area (Å²) >= 11 is 0. The number of aromatic amines is 1. The van der Waals surface area contributed by atoms with Gasteiger partial charge in [0.05, 0.1) is 6.26 Å². The van der Waals surface area contributed by atoms with Crippen LogP contribution in [0, 0.1) is 0 Å². The molecule has 108 valence electrons. The fourth-order valence-corrected chi connectivity index (χ4v) is 3.08. The first-order chi connectivity index (χ1) is 9.04. The summed E-state index contributed by atoms with van der Waals surface area (Å²) in [6.45, 7) is 3.59. The summed E-state index contributed by atoms with van der Waals surface area (Å²) in [6, 6.07) is 2.04. The molecular formula is C12H22N4O2S. The summed E-state index contributed by atoms with van der Waals surface area (Å²) in [5.74, 6) is 0.527. The summed E-state index contributed by atoms with van der Waals surface area (Å²) in [7, 11) is -3.06. The Kier molecular flexibility index (Phi) is 4.95. The molecule has 0 aromatic carbocycles. The molecule has 0 saturated carbocycles. The molecule has 6 nitrogen and oxygen atoms in total. The number of sulfonamides is 1. The van der Waals surface area contributed by atoms with E-state index in [2.05, 4.69) is 19.8 Å². The Hall–Kier alpha value is -0.920. The molecule has 0 aliphatic carbocycles. The van der Waals surface area contributed by atoms with Crippen LogP contribution in [0.15, 0.2) is 12.3 Å². The molecule has 1 fully saturated rings. The van der Waals surface area contributed by atoms with Crippen LogP contribution in [0.5, 0.6) is 0 Å². The number of hydrogen-bond acceptors (Lipinski definition) is 4. The number of nitrogens with one attached hydrogen (secondary N) is 2. The Bertz CT molecular complexity index is 472. The molecule has 0 amide bonds. The van der Waals surface area contributed by atoms with Gasteiger partial charge in [-0.2, -0.15) is 5.10 Å². The van der Waals surface area contributed by atoms with Gasteiger partial charge in [-0.25, -0.2) is 13.1 Å². The van der Waals surface area contributed by atoms with Crippen molar-refractivity contribution < 1.29 is 8.42 Å². The largest absolute Gasteiger partial charge is 0.303 e. The van der Waals surface area contributed by atoms with E-state index in [0.29, 0.717) is 12.5 Å². The van der Waals surface area contributed by atoms with Crippen LogP contribution in [0.4, 0.5) is 0 Å². The molecule has 0 unspecified atom stereocenters. The SMILES string of the molecule is CS(=O)(=O)NCCCN1CCC[C@@H](c2ccn[nH]2)C1. The number of likely N-dealkylation sites (tertiary alicyclic amines) is 1. The van der Waals surface area contributed by atoms with Crippen molar-refractivity contribution in [3.8, 4) is 0 Å². The zero-order chi connectivity index (χ0) is 13.7. The van der Waals surface area contributed by atoms with E-state index in [9.17, 15) is 8.42 Å². The highest BCUT2D eigenvalue weighted by Gasteiger charge is 2.21. The Balaban J connectivity index is 1.73. The van der Waals surface area contributed by atoms with Crippen molar-refractivity contribution in [1.82, 2.24) is 19.8 Å². The molecule has 2 N–H and O–H groups in total. The lowest BCUT2D eigenvalue weighted by Crippen LogP contribution is -2.36. The molecule has 1 aliphatic rings. The molecule has 1 aromatic heterocycles. The lowest BCUT2D eigenvalue weighted by Gasteiger charge is -2.32. The first kappa shape index (κ1) is 14.5. The first-order valence-corrected chi connectivity index (χ1v) is 8.60. The van der Waals surface area contributed by atoms with Gasteiger partial charge in [-0.05, 0) is 38.4 Å². The zero-order valence-electron chi connectivity index (χ0n) is 11.3. The van der Waals surface area contributed by atoms with Crippen LogP contribution < -0.4 is 4.72 Å². The highest BCUT2D eigenvalue weighted by atomic mass is 32.2. The number of piperidine rings is 1. The summed E-state index contributed by atoms with van der Waals surface area (Å²) < 4.78 is 24.4. The second-order valence-corrected chi connectivity index (χ2v) is 7.00. The number of rotatable bonds is 6. The third-order valence-corrected chi connectivity index (χ3v) is 4.21. The van der Waals surface area contributed by atoms with E-state index in [1.165, 1.54) is 24.8 Å². The maximum atomic E-state index is 11.0. The minimum atomic E-state index is -3.06. The van der Waals surface area contributed by atoms with Gasteiger partial charge in [-0.3, -0.25) is 5.10 Å². The molecule has 0 bridgehead atoms. The minimum absolute atomic E-state index is 0.518. The first-order valence-electron chi connectivity index (χ1n) is 6.71. The van der Waals surface area contributed by atoms with Gasteiger partial charge in [0, 0.05) is 30.9 Å². The van der Waals surface area contributed by atoms with Gasteiger partial charge in [0.2, 0.25) is 10.0 Å². The molecule has 0 spiro atoms. The average Bonchev–Trinajstić information content (AvgIpc) is 2.88. The minimum Gasteiger partial charge on any atom is -0.303 e. The van der Waals surface area contributed by atoms with Crippen molar-refractivity contribution in [1.29, 1.82) is 0 Å². The van der Waals surface area contributed by atoms with Gasteiger partial charge in [-0.1, -0.05) is 0 Å². The van der Waals surface area contributed by atoms with Crippen molar-refractivity contribution in [3.05, 3.63) is 18.0 Å². The monoisotopic (exact) mass is 286 g/mol. The van der Waals surface area contributed by atoms with E-state index in [0.717, 1.165) is 26.1 Å². The van der Waals surface area contributed by atoms with Crippen molar-refractivity contribution >= 4 is 10.0 Å². The van der Waals surface area contributed by atoms with Crippen LogP contribution in [0.25, 0.3) is 0 Å². The van der Waals surface area contributed by atoms with Crippen LogP contribution in [0.3, 0.4) is 0 Å². The van der Waals surface area contributed by atoms with Gasteiger partial charge in [-0.15, -0.1) is 0 Å². The molecular weight excluding hydrogens is 264 g/mol. The standard InChI is InChI=1S/C12H22N4O2S/c1-19(17,18)14-6-3-9-16-8-2-4-11(10-16)12-5-7-13-15-12/h5,7,11,14H,2-4,6,8-10H2,1H3,(H,13,15)/t11-/m1/s1. The molecule has 2 rings (SSSR count). The molecule has 1 saturated heterocycles. The second kappa shape index (κ2) is 6.49. The Labute approximate surface area is 114 Å². The zero-order valence-corrected chi connectivity index (χ0v) is 12.1. The van der Waals surface area contributed by atoms with Gasteiger partial charge in [0.25, 0.3) is 0 Å². The fraction of sp³-hybridized carbons (Fsp3) is 0.750. The van der Waals surface area contributed by atoms with Crippen LogP contribution in [0.1, 0.15) is 30.9 Å². The van der Waals surface area contributed by atoms with Crippen LogP contribution in [0.2, 0.25) is 0 Å². The quantitative estimate of drug-likeness (QED) is 0.748. The number of aromatic nitrogens is 2. The molecule has 0 radical (unpaired) electrons. The van der Waals surface area contributed by atoms with Gasteiger partial charge < -0.3 is 4.90 Å². The van der Waals surface area contributed by atoms with E-state index in [1.807, 2.05) is 6.07 Å². The average molecular weight is 286 g/mol. The maximum absolute atomic E-state index is 11.0. The van der Waals surface area contributed by atoms with Crippen LogP contribution in [-0.4, -0.2) is 55.9 Å². The van der Waals surface area contributed by atoms with Crippen molar-refractivity contribution in [2.75, 3.05) is 32.4 Å². The van der Waals surface area contributed by atoms with E-state index >= 15 is 0 Å². The lowest BCUT2D eigenvalue weighted by molar-refractivity contribution is 0.204. The van der Waals surface area contributed by atoms with Crippen molar-refractivity contribution in [2.24, 2.45) is 0 Å². The van der Waals surface area contributed by atoms with Crippen molar-refractivity contribution in [3.63, 3.8) is 0 Å². The third-order valence-electron chi connectivity index (χ3n) is 3.48. The third kappa shape index (κ3) is 4.93. The maximum Gasteiger partial charge on any atom is 0.208 e. The molecule has 2 heterocycles. The van der Waals surface area contributed by atoms with Crippen LogP contribution >= 0.6 is 0 Å². The van der Waals surface area contributed by atoms with Gasteiger partial charge >= 0.3 is 0 Å². The predicted octanol–water partition coefficient (Wildman–Crippen LogP) is 0.528. The Morgan fingerprint density at radius 3 is 3.11 bits per heavy atom. The fourth-order valence-electron chi connectivity index (χ4n) is 2.57. The van der Waals surface area contributed by atoms with E-state index < -0.39 is 10.0 Å².